The van der Waals surface area contributed by atoms with Gasteiger partial charge in [-0.2, -0.15) is 0 Å². The first-order chi connectivity index (χ1) is 15.4. The number of nitrogens with one attached hydrogen (secondary N) is 1. The van der Waals surface area contributed by atoms with Gasteiger partial charge < -0.3 is 5.11 Å². The summed E-state index contributed by atoms with van der Waals surface area (Å²) in [6, 6.07) is 8.13. The predicted octanol–water partition coefficient (Wildman–Crippen LogP) is 3.73. The lowest BCUT2D eigenvalue weighted by atomic mass is 10.0. The van der Waals surface area contributed by atoms with Gasteiger partial charge in [0.05, 0.1) is 0 Å². The second kappa shape index (κ2) is 9.16. The van der Waals surface area contributed by atoms with Crippen molar-refractivity contribution in [3.8, 4) is 17.6 Å². The number of hydrogen-bond acceptors (Lipinski definition) is 5. The molecule has 0 saturated heterocycles. The number of allylic oxidation sites excluding steroid dienone is 2. The lowest BCUT2D eigenvalue weighted by molar-refractivity contribution is 0.0848. The first kappa shape index (κ1) is 21.5. The van der Waals surface area contributed by atoms with Crippen LogP contribution in [0.2, 0.25) is 0 Å². The molecule has 6 nitrogen and oxygen atoms in total. The van der Waals surface area contributed by atoms with Crippen LogP contribution in [-0.2, 0) is 6.42 Å². The Morgan fingerprint density at radius 2 is 2.00 bits per heavy atom. The molecule has 2 aromatic heterocycles. The molecule has 0 spiro atoms. The molecule has 2 N–H and O–H groups in total. The number of pyridine rings is 2. The zero-order valence-electron chi connectivity index (χ0n) is 17.9. The molecule has 1 aliphatic carbocycles. The highest BCUT2D eigenvalue weighted by Crippen LogP contribution is 2.29. The van der Waals surface area contributed by atoms with E-state index in [2.05, 4.69) is 33.3 Å². The van der Waals surface area contributed by atoms with Gasteiger partial charge >= 0.3 is 0 Å². The molecule has 0 fully saturated rings. The molecule has 2 heterocycles. The Morgan fingerprint density at radius 1 is 1.22 bits per heavy atom. The summed E-state index contributed by atoms with van der Waals surface area (Å²) in [5.74, 6) is 5.10. The van der Waals surface area contributed by atoms with Crippen molar-refractivity contribution < 1.29 is 14.3 Å². The van der Waals surface area contributed by atoms with Gasteiger partial charge in [0.25, 0.3) is 5.91 Å². The van der Waals surface area contributed by atoms with E-state index in [-0.39, 0.29) is 22.8 Å². The maximum Gasteiger partial charge on any atom is 0.288 e. The second-order valence-electron chi connectivity index (χ2n) is 7.91. The van der Waals surface area contributed by atoms with Gasteiger partial charge in [0.2, 0.25) is 0 Å². The normalized spacial score (nSPS) is 13.1. The van der Waals surface area contributed by atoms with Crippen molar-refractivity contribution in [2.45, 2.75) is 25.7 Å². The molecule has 162 valence electrons. The van der Waals surface area contributed by atoms with E-state index in [0.717, 1.165) is 36.0 Å². The summed E-state index contributed by atoms with van der Waals surface area (Å²) < 4.78 is 13.2. The fourth-order valence-corrected chi connectivity index (χ4v) is 3.58. The summed E-state index contributed by atoms with van der Waals surface area (Å²) in [5, 5.41) is 12.8. The number of carbonyl (C=O) groups excluding carboxylic acids is 1. The molecule has 0 aliphatic heterocycles. The minimum absolute atomic E-state index is 0.130. The van der Waals surface area contributed by atoms with E-state index in [1.165, 1.54) is 17.1 Å². The van der Waals surface area contributed by atoms with Crippen molar-refractivity contribution in [1.29, 1.82) is 0 Å². The number of aromatic hydroxyl groups is 1. The lowest BCUT2D eigenvalue weighted by Gasteiger charge is -2.14. The zero-order chi connectivity index (χ0) is 22.7. The highest BCUT2D eigenvalue weighted by Gasteiger charge is 2.20. The van der Waals surface area contributed by atoms with Gasteiger partial charge in [-0.1, -0.05) is 24.1 Å². The molecule has 7 heteroatoms. The van der Waals surface area contributed by atoms with E-state index < -0.39 is 5.91 Å². The summed E-state index contributed by atoms with van der Waals surface area (Å²) in [7, 11) is 3.34. The third-order valence-corrected chi connectivity index (χ3v) is 5.12. The molecular weight excluding hydrogens is 407 g/mol. The minimum atomic E-state index is -0.547. The van der Waals surface area contributed by atoms with E-state index >= 15 is 0 Å². The third-order valence-electron chi connectivity index (χ3n) is 5.12. The van der Waals surface area contributed by atoms with Crippen LogP contribution in [0.15, 0.2) is 48.2 Å². The van der Waals surface area contributed by atoms with Crippen LogP contribution in [0.25, 0.3) is 10.9 Å². The molecule has 0 saturated carbocycles. The standard InChI is InChI=1S/C25H23FN4O2/c1-30(2)29-25(32)23-24(31)22-20(21(28-23)12-9-16-5-3-4-6-16)14-18(15-27-22)13-17-7-10-19(26)11-8-17/h5,7-8,10-11,14-15,31H,3-4,6,13H2,1-2H3,(H,29,32). The van der Waals surface area contributed by atoms with Gasteiger partial charge in [-0.15, -0.1) is 0 Å². The summed E-state index contributed by atoms with van der Waals surface area (Å²) in [5.41, 5.74) is 5.93. The number of fused-ring (bicyclic) bond motifs is 1. The van der Waals surface area contributed by atoms with E-state index in [4.69, 9.17) is 0 Å². The Morgan fingerprint density at radius 3 is 2.69 bits per heavy atom. The Labute approximate surface area is 185 Å². The largest absolute Gasteiger partial charge is 0.504 e. The average Bonchev–Trinajstić information content (AvgIpc) is 3.28. The van der Waals surface area contributed by atoms with Crippen molar-refractivity contribution in [1.82, 2.24) is 20.4 Å². The average molecular weight is 430 g/mol. The summed E-state index contributed by atoms with van der Waals surface area (Å²) >= 11 is 0. The maximum atomic E-state index is 13.2. The fourth-order valence-electron chi connectivity index (χ4n) is 3.58. The van der Waals surface area contributed by atoms with Crippen molar-refractivity contribution in [3.63, 3.8) is 0 Å². The topological polar surface area (TPSA) is 78.4 Å². The maximum absolute atomic E-state index is 13.2. The third kappa shape index (κ3) is 4.76. The Bertz CT molecular complexity index is 1270. The molecule has 0 unspecified atom stereocenters. The highest BCUT2D eigenvalue weighted by atomic mass is 19.1. The first-order valence-corrected chi connectivity index (χ1v) is 10.4. The van der Waals surface area contributed by atoms with Gasteiger partial charge in [0.15, 0.2) is 11.4 Å². The van der Waals surface area contributed by atoms with E-state index in [1.54, 1.807) is 32.4 Å². The molecule has 32 heavy (non-hydrogen) atoms. The van der Waals surface area contributed by atoms with E-state index in [1.807, 2.05) is 6.07 Å². The van der Waals surface area contributed by atoms with Crippen LogP contribution in [0.4, 0.5) is 4.39 Å². The van der Waals surface area contributed by atoms with Crippen LogP contribution in [0.5, 0.6) is 5.75 Å². The number of nitrogens with zero attached hydrogens (tertiary/aromatic N) is 3. The van der Waals surface area contributed by atoms with Gasteiger partial charge in [-0.25, -0.2) is 14.4 Å². The number of hydrogen-bond donors (Lipinski definition) is 2. The number of carbonyl (C=O) groups is 1. The van der Waals surface area contributed by atoms with Crippen LogP contribution in [-0.4, -0.2) is 40.1 Å². The van der Waals surface area contributed by atoms with E-state index in [0.29, 0.717) is 17.5 Å². The lowest BCUT2D eigenvalue weighted by Crippen LogP contribution is -2.36. The predicted molar refractivity (Wildman–Crippen MR) is 120 cm³/mol. The quantitative estimate of drug-likeness (QED) is 0.487. The number of rotatable bonds is 4. The molecule has 0 bridgehead atoms. The van der Waals surface area contributed by atoms with Crippen molar-refractivity contribution >= 4 is 16.8 Å². The molecule has 0 atom stereocenters. The molecule has 4 rings (SSSR count). The van der Waals surface area contributed by atoms with Crippen LogP contribution < -0.4 is 5.43 Å². The van der Waals surface area contributed by atoms with Gasteiger partial charge in [0.1, 0.15) is 17.0 Å². The second-order valence-corrected chi connectivity index (χ2v) is 7.91. The number of halogens is 1. The van der Waals surface area contributed by atoms with E-state index in [9.17, 15) is 14.3 Å². The first-order valence-electron chi connectivity index (χ1n) is 10.4. The summed E-state index contributed by atoms with van der Waals surface area (Å²) in [6.07, 6.45) is 7.28. The monoisotopic (exact) mass is 430 g/mol. The van der Waals surface area contributed by atoms with Crippen molar-refractivity contribution in [2.75, 3.05) is 14.1 Å². The molecule has 1 amide bonds. The summed E-state index contributed by atoms with van der Waals surface area (Å²) in [6.45, 7) is 0. The number of aromatic nitrogens is 2. The SMILES string of the molecule is CN(C)NC(=O)c1nc(C#CC2=CCCC2)c2cc(Cc3ccc(F)cc3)cnc2c1O. The molecule has 3 aromatic rings. The van der Waals surface area contributed by atoms with Gasteiger partial charge in [-0.3, -0.25) is 15.2 Å². The Kier molecular flexibility index (Phi) is 6.15. The van der Waals surface area contributed by atoms with Crippen LogP contribution in [0.1, 0.15) is 46.6 Å². The van der Waals surface area contributed by atoms with Crippen LogP contribution in [0.3, 0.4) is 0 Å². The van der Waals surface area contributed by atoms with Gasteiger partial charge in [-0.05, 0) is 66.5 Å². The fraction of sp³-hybridized carbons (Fsp3) is 0.240. The Hall–Kier alpha value is -3.76. The van der Waals surface area contributed by atoms with Crippen molar-refractivity contribution in [3.05, 3.63) is 76.5 Å². The summed E-state index contributed by atoms with van der Waals surface area (Å²) in [4.78, 5) is 21.4. The van der Waals surface area contributed by atoms with Crippen molar-refractivity contribution in [2.24, 2.45) is 0 Å². The molecule has 0 radical (unpaired) electrons. The minimum Gasteiger partial charge on any atom is -0.504 e. The molecule has 1 aromatic carbocycles. The number of amides is 1. The molecular formula is C25H23FN4O2. The van der Waals surface area contributed by atoms with Crippen LogP contribution >= 0.6 is 0 Å². The zero-order valence-corrected chi connectivity index (χ0v) is 17.9. The Balaban J connectivity index is 1.81. The molecule has 1 aliphatic rings. The van der Waals surface area contributed by atoms with Gasteiger partial charge in [0, 0.05) is 25.7 Å². The number of hydrazine groups is 1. The van der Waals surface area contributed by atoms with Crippen LogP contribution in [0, 0.1) is 17.7 Å². The highest BCUT2D eigenvalue weighted by molar-refractivity contribution is 6.01. The smallest absolute Gasteiger partial charge is 0.288 e. The number of benzene rings is 1.